The Labute approximate surface area is 168 Å². The van der Waals surface area contributed by atoms with Crippen molar-refractivity contribution >= 4 is 0 Å². The van der Waals surface area contributed by atoms with Crippen LogP contribution < -0.4 is 14.2 Å². The van der Waals surface area contributed by atoms with E-state index in [2.05, 4.69) is 15.0 Å². The predicted octanol–water partition coefficient (Wildman–Crippen LogP) is 5.87. The molecule has 1 heterocycles. The van der Waals surface area contributed by atoms with Crippen LogP contribution in [0.5, 0.6) is 35.3 Å². The Kier molecular flexibility index (Phi) is 5.33. The molecule has 4 rings (SSSR count). The first-order valence-electron chi connectivity index (χ1n) is 9.13. The van der Waals surface area contributed by atoms with Crippen molar-refractivity contribution in [1.82, 2.24) is 15.0 Å². The first kappa shape index (κ1) is 18.4. The minimum absolute atomic E-state index is 0.0805. The molecule has 0 bridgehead atoms. The number of aryl methyl sites for hydroxylation is 2. The van der Waals surface area contributed by atoms with E-state index in [0.29, 0.717) is 17.2 Å². The van der Waals surface area contributed by atoms with E-state index in [1.54, 1.807) is 0 Å². The number of ether oxygens (including phenoxy) is 3. The van der Waals surface area contributed by atoms with Crippen LogP contribution in [0.3, 0.4) is 0 Å². The molecule has 0 N–H and O–H groups in total. The minimum atomic E-state index is 0.0805. The molecule has 0 saturated carbocycles. The molecule has 6 heteroatoms. The van der Waals surface area contributed by atoms with E-state index in [9.17, 15) is 0 Å². The summed E-state index contributed by atoms with van der Waals surface area (Å²) in [5, 5.41) is 0. The van der Waals surface area contributed by atoms with Crippen LogP contribution in [0.25, 0.3) is 0 Å². The lowest BCUT2D eigenvalue weighted by Gasteiger charge is -2.11. The van der Waals surface area contributed by atoms with Gasteiger partial charge in [-0.1, -0.05) is 54.1 Å². The standard InChI is InChI=1S/C23H19N3O3/c1-16-13-14-20(17(2)15-16)29-23-25-21(27-18-9-5-3-6-10-18)24-22(26-23)28-19-11-7-4-8-12-19/h3-15H,1-2H3. The van der Waals surface area contributed by atoms with Crippen molar-refractivity contribution in [2.24, 2.45) is 0 Å². The normalized spacial score (nSPS) is 10.4. The van der Waals surface area contributed by atoms with Gasteiger partial charge in [-0.05, 0) is 49.7 Å². The third kappa shape index (κ3) is 4.87. The van der Waals surface area contributed by atoms with Gasteiger partial charge in [0.05, 0.1) is 0 Å². The molecule has 0 aliphatic carbocycles. The van der Waals surface area contributed by atoms with Gasteiger partial charge in [-0.15, -0.1) is 15.0 Å². The van der Waals surface area contributed by atoms with Gasteiger partial charge in [0.25, 0.3) is 0 Å². The maximum Gasteiger partial charge on any atom is 0.331 e. The highest BCUT2D eigenvalue weighted by molar-refractivity contribution is 5.37. The number of hydrogen-bond donors (Lipinski definition) is 0. The van der Waals surface area contributed by atoms with Gasteiger partial charge in [0, 0.05) is 0 Å². The molecular weight excluding hydrogens is 366 g/mol. The highest BCUT2D eigenvalue weighted by atomic mass is 16.5. The molecule has 0 amide bonds. The van der Waals surface area contributed by atoms with E-state index >= 15 is 0 Å². The predicted molar refractivity (Wildman–Crippen MR) is 109 cm³/mol. The molecular formula is C23H19N3O3. The van der Waals surface area contributed by atoms with Crippen LogP contribution in [0.2, 0.25) is 0 Å². The van der Waals surface area contributed by atoms with Crippen LogP contribution in [0.15, 0.2) is 78.9 Å². The molecule has 0 fully saturated rings. The summed E-state index contributed by atoms with van der Waals surface area (Å²) in [4.78, 5) is 12.8. The summed E-state index contributed by atoms with van der Waals surface area (Å²) in [5.74, 6) is 1.85. The van der Waals surface area contributed by atoms with Gasteiger partial charge in [-0.2, -0.15) is 0 Å². The summed E-state index contributed by atoms with van der Waals surface area (Å²) in [6.45, 7) is 3.99. The van der Waals surface area contributed by atoms with Crippen LogP contribution in [0.1, 0.15) is 11.1 Å². The summed E-state index contributed by atoms with van der Waals surface area (Å²) in [6.07, 6.45) is 0. The number of para-hydroxylation sites is 2. The minimum Gasteiger partial charge on any atom is -0.424 e. The van der Waals surface area contributed by atoms with Crippen molar-refractivity contribution < 1.29 is 14.2 Å². The quantitative estimate of drug-likeness (QED) is 0.414. The molecule has 1 aromatic heterocycles. The Bertz CT molecular complexity index is 1040. The van der Waals surface area contributed by atoms with Crippen molar-refractivity contribution in [3.63, 3.8) is 0 Å². The molecule has 4 aromatic rings. The molecule has 0 atom stereocenters. The smallest absolute Gasteiger partial charge is 0.331 e. The monoisotopic (exact) mass is 385 g/mol. The molecule has 144 valence electrons. The van der Waals surface area contributed by atoms with Gasteiger partial charge in [0.2, 0.25) is 0 Å². The SMILES string of the molecule is Cc1ccc(Oc2nc(Oc3ccccc3)nc(Oc3ccccc3)n2)c(C)c1. The summed E-state index contributed by atoms with van der Waals surface area (Å²) in [7, 11) is 0. The zero-order valence-corrected chi connectivity index (χ0v) is 16.1. The Morgan fingerprint density at radius 1 is 0.552 bits per heavy atom. The van der Waals surface area contributed by atoms with Gasteiger partial charge >= 0.3 is 18.0 Å². The molecule has 0 aliphatic rings. The van der Waals surface area contributed by atoms with Crippen molar-refractivity contribution in [3.8, 4) is 35.3 Å². The zero-order valence-electron chi connectivity index (χ0n) is 16.1. The van der Waals surface area contributed by atoms with Crippen LogP contribution in [0, 0.1) is 13.8 Å². The van der Waals surface area contributed by atoms with Crippen LogP contribution >= 0.6 is 0 Å². The third-order valence-corrected chi connectivity index (χ3v) is 4.01. The lowest BCUT2D eigenvalue weighted by Crippen LogP contribution is -2.01. The molecule has 0 radical (unpaired) electrons. The first-order valence-corrected chi connectivity index (χ1v) is 9.13. The zero-order chi connectivity index (χ0) is 20.1. The summed E-state index contributed by atoms with van der Waals surface area (Å²) in [5.41, 5.74) is 2.12. The van der Waals surface area contributed by atoms with Gasteiger partial charge in [-0.3, -0.25) is 0 Å². The van der Waals surface area contributed by atoms with Crippen molar-refractivity contribution in [1.29, 1.82) is 0 Å². The average molecular weight is 385 g/mol. The fourth-order valence-corrected chi connectivity index (χ4v) is 2.66. The topological polar surface area (TPSA) is 66.4 Å². The van der Waals surface area contributed by atoms with Gasteiger partial charge in [0.15, 0.2) is 0 Å². The van der Waals surface area contributed by atoms with E-state index in [-0.39, 0.29) is 18.0 Å². The van der Waals surface area contributed by atoms with E-state index in [1.165, 1.54) is 0 Å². The van der Waals surface area contributed by atoms with E-state index in [0.717, 1.165) is 11.1 Å². The number of nitrogens with zero attached hydrogens (tertiary/aromatic N) is 3. The lowest BCUT2D eigenvalue weighted by molar-refractivity contribution is 0.361. The number of benzene rings is 3. The molecule has 29 heavy (non-hydrogen) atoms. The largest absolute Gasteiger partial charge is 0.424 e. The highest BCUT2D eigenvalue weighted by Gasteiger charge is 2.13. The fraction of sp³-hybridized carbons (Fsp3) is 0.0870. The third-order valence-electron chi connectivity index (χ3n) is 4.01. The van der Waals surface area contributed by atoms with Crippen molar-refractivity contribution in [2.45, 2.75) is 13.8 Å². The second-order valence-corrected chi connectivity index (χ2v) is 6.38. The van der Waals surface area contributed by atoms with Crippen molar-refractivity contribution in [2.75, 3.05) is 0 Å². The van der Waals surface area contributed by atoms with Crippen LogP contribution in [-0.4, -0.2) is 15.0 Å². The molecule has 0 unspecified atom stereocenters. The Morgan fingerprint density at radius 2 is 1.03 bits per heavy atom. The van der Waals surface area contributed by atoms with Gasteiger partial charge in [0.1, 0.15) is 17.2 Å². The number of hydrogen-bond acceptors (Lipinski definition) is 6. The fourth-order valence-electron chi connectivity index (χ4n) is 2.66. The lowest BCUT2D eigenvalue weighted by atomic mass is 10.1. The van der Waals surface area contributed by atoms with Crippen molar-refractivity contribution in [3.05, 3.63) is 90.0 Å². The van der Waals surface area contributed by atoms with Crippen LogP contribution in [-0.2, 0) is 0 Å². The molecule has 0 spiro atoms. The van der Waals surface area contributed by atoms with E-state index in [1.807, 2.05) is 92.7 Å². The van der Waals surface area contributed by atoms with Gasteiger partial charge in [-0.25, -0.2) is 0 Å². The van der Waals surface area contributed by atoms with Crippen LogP contribution in [0.4, 0.5) is 0 Å². The van der Waals surface area contributed by atoms with E-state index < -0.39 is 0 Å². The molecule has 3 aromatic carbocycles. The highest BCUT2D eigenvalue weighted by Crippen LogP contribution is 2.28. The second-order valence-electron chi connectivity index (χ2n) is 6.38. The van der Waals surface area contributed by atoms with E-state index in [4.69, 9.17) is 14.2 Å². The number of rotatable bonds is 6. The molecule has 0 aliphatic heterocycles. The second kappa shape index (κ2) is 8.39. The summed E-state index contributed by atoms with van der Waals surface area (Å²) >= 11 is 0. The maximum absolute atomic E-state index is 5.90. The molecule has 6 nitrogen and oxygen atoms in total. The maximum atomic E-state index is 5.90. The summed E-state index contributed by atoms with van der Waals surface area (Å²) in [6, 6.07) is 24.6. The first-order chi connectivity index (χ1) is 14.2. The molecule has 0 saturated heterocycles. The average Bonchev–Trinajstić information content (AvgIpc) is 2.71. The Balaban J connectivity index is 1.66. The van der Waals surface area contributed by atoms with Gasteiger partial charge < -0.3 is 14.2 Å². The Hall–Kier alpha value is -3.93. The summed E-state index contributed by atoms with van der Waals surface area (Å²) < 4.78 is 17.4. The number of aromatic nitrogens is 3. The Morgan fingerprint density at radius 3 is 1.52 bits per heavy atom.